The fourth-order valence-corrected chi connectivity index (χ4v) is 4.25. The van der Waals surface area contributed by atoms with Gasteiger partial charge in [0.2, 0.25) is 0 Å². The molecule has 3 nitrogen and oxygen atoms in total. The molecule has 2 aromatic rings. The van der Waals surface area contributed by atoms with E-state index >= 15 is 0 Å². The van der Waals surface area contributed by atoms with Crippen LogP contribution in [0, 0.1) is 6.92 Å². The van der Waals surface area contributed by atoms with Crippen LogP contribution in [0.1, 0.15) is 95.0 Å². The zero-order chi connectivity index (χ0) is 16.2. The van der Waals surface area contributed by atoms with Crippen LogP contribution in [-0.4, -0.2) is 14.5 Å². The summed E-state index contributed by atoms with van der Waals surface area (Å²) in [4.78, 5) is 9.33. The summed E-state index contributed by atoms with van der Waals surface area (Å²) in [6, 6.07) is 0.637. The van der Waals surface area contributed by atoms with Crippen molar-refractivity contribution in [1.29, 1.82) is 0 Å². The van der Waals surface area contributed by atoms with Crippen molar-refractivity contribution < 1.29 is 0 Å². The van der Waals surface area contributed by atoms with Gasteiger partial charge >= 0.3 is 0 Å². The predicted octanol–water partition coefficient (Wildman–Crippen LogP) is 5.93. The molecule has 1 fully saturated rings. The van der Waals surface area contributed by atoms with E-state index in [-0.39, 0.29) is 0 Å². The highest BCUT2D eigenvalue weighted by Gasteiger charge is 2.23. The minimum Gasteiger partial charge on any atom is -0.329 e. The van der Waals surface area contributed by atoms with E-state index < -0.39 is 0 Å². The molecule has 0 N–H and O–H groups in total. The normalized spacial score (nSPS) is 16.5. The highest BCUT2D eigenvalue weighted by atomic mass is 15.1. The molecule has 23 heavy (non-hydrogen) atoms. The molecule has 1 saturated carbocycles. The number of hydrogen-bond donors (Lipinski definition) is 0. The largest absolute Gasteiger partial charge is 0.329 e. The zero-order valence-electron chi connectivity index (χ0n) is 15.0. The Kier molecular flexibility index (Phi) is 5.34. The molecular formula is C20H31N3. The Morgan fingerprint density at radius 3 is 2.48 bits per heavy atom. The van der Waals surface area contributed by atoms with Gasteiger partial charge < -0.3 is 4.57 Å². The van der Waals surface area contributed by atoms with Crippen molar-refractivity contribution in [2.45, 2.75) is 90.5 Å². The number of fused-ring (bicyclic) bond motifs is 1. The lowest BCUT2D eigenvalue weighted by Crippen LogP contribution is -2.12. The Hall–Kier alpha value is -1.38. The summed E-state index contributed by atoms with van der Waals surface area (Å²) in [6.45, 7) is 6.60. The van der Waals surface area contributed by atoms with E-state index in [2.05, 4.69) is 35.8 Å². The molecule has 0 atom stereocenters. The van der Waals surface area contributed by atoms with E-state index in [1.54, 1.807) is 0 Å². The minimum atomic E-state index is 0.637. The third-order valence-corrected chi connectivity index (χ3v) is 5.41. The maximum Gasteiger partial charge on any atom is 0.144 e. The van der Waals surface area contributed by atoms with E-state index in [1.165, 1.54) is 74.4 Å². The van der Waals surface area contributed by atoms with Gasteiger partial charge in [-0.3, -0.25) is 0 Å². The lowest BCUT2D eigenvalue weighted by Gasteiger charge is -2.24. The average molecular weight is 313 g/mol. The van der Waals surface area contributed by atoms with Gasteiger partial charge in [-0.2, -0.15) is 0 Å². The fourth-order valence-electron chi connectivity index (χ4n) is 4.25. The van der Waals surface area contributed by atoms with Crippen LogP contribution in [0.25, 0.3) is 11.0 Å². The van der Waals surface area contributed by atoms with Crippen molar-refractivity contribution >= 4 is 11.0 Å². The van der Waals surface area contributed by atoms with Crippen LogP contribution >= 0.6 is 0 Å². The van der Waals surface area contributed by atoms with Crippen molar-refractivity contribution in [3.63, 3.8) is 0 Å². The summed E-state index contributed by atoms with van der Waals surface area (Å²) in [5.74, 6) is 1.55. The van der Waals surface area contributed by atoms with Gasteiger partial charge in [-0.15, -0.1) is 0 Å². The minimum absolute atomic E-state index is 0.637. The Morgan fingerprint density at radius 1 is 1.13 bits per heavy atom. The van der Waals surface area contributed by atoms with Gasteiger partial charge in [0.15, 0.2) is 0 Å². The number of hydrogen-bond acceptors (Lipinski definition) is 2. The van der Waals surface area contributed by atoms with Gasteiger partial charge in [0.25, 0.3) is 0 Å². The quantitative estimate of drug-likeness (QED) is 0.662. The second kappa shape index (κ2) is 7.46. The topological polar surface area (TPSA) is 30.7 Å². The molecule has 3 heteroatoms. The number of aromatic nitrogens is 3. The van der Waals surface area contributed by atoms with E-state index in [0.29, 0.717) is 12.0 Å². The van der Waals surface area contributed by atoms with Gasteiger partial charge in [0, 0.05) is 23.8 Å². The molecule has 0 amide bonds. The van der Waals surface area contributed by atoms with Crippen molar-refractivity contribution in [3.05, 3.63) is 23.8 Å². The maximum absolute atomic E-state index is 4.83. The molecule has 2 heterocycles. The highest BCUT2D eigenvalue weighted by molar-refractivity contribution is 5.80. The SMILES string of the molecule is CCCC(CCC)c1cn(C2CCCCC2)c2nc(C)ncc12. The average Bonchev–Trinajstić information content (AvgIpc) is 2.94. The molecule has 0 saturated heterocycles. The first-order valence-corrected chi connectivity index (χ1v) is 9.58. The lowest BCUT2D eigenvalue weighted by molar-refractivity contribution is 0.358. The Morgan fingerprint density at radius 2 is 1.83 bits per heavy atom. The van der Waals surface area contributed by atoms with Crippen LogP contribution in [0.4, 0.5) is 0 Å². The summed E-state index contributed by atoms with van der Waals surface area (Å²) in [5.41, 5.74) is 2.67. The highest BCUT2D eigenvalue weighted by Crippen LogP contribution is 2.37. The van der Waals surface area contributed by atoms with Crippen LogP contribution in [0.3, 0.4) is 0 Å². The Labute approximate surface area is 140 Å². The molecule has 0 unspecified atom stereocenters. The molecule has 0 radical (unpaired) electrons. The molecule has 0 bridgehead atoms. The molecule has 2 aromatic heterocycles. The molecule has 3 rings (SSSR count). The van der Waals surface area contributed by atoms with Crippen molar-refractivity contribution in [1.82, 2.24) is 14.5 Å². The number of nitrogens with zero attached hydrogens (tertiary/aromatic N) is 3. The first-order chi connectivity index (χ1) is 11.2. The second-order valence-corrected chi connectivity index (χ2v) is 7.21. The van der Waals surface area contributed by atoms with E-state index in [1.807, 2.05) is 6.92 Å². The summed E-state index contributed by atoms with van der Waals surface area (Å²) in [7, 11) is 0. The molecule has 126 valence electrons. The van der Waals surface area contributed by atoms with Gasteiger partial charge in [0.05, 0.1) is 0 Å². The Bertz CT molecular complexity index is 632. The van der Waals surface area contributed by atoms with Gasteiger partial charge in [0.1, 0.15) is 11.5 Å². The third kappa shape index (κ3) is 3.44. The summed E-state index contributed by atoms with van der Waals surface area (Å²) >= 11 is 0. The van der Waals surface area contributed by atoms with Crippen molar-refractivity contribution in [2.75, 3.05) is 0 Å². The molecule has 1 aliphatic carbocycles. The first-order valence-electron chi connectivity index (χ1n) is 9.58. The Balaban J connectivity index is 2.07. The standard InChI is InChI=1S/C20H31N3/c1-4-9-16(10-5-2)19-14-23(17-11-7-6-8-12-17)20-18(19)13-21-15(3)22-20/h13-14,16-17H,4-12H2,1-3H3. The van der Waals surface area contributed by atoms with E-state index in [4.69, 9.17) is 4.98 Å². The molecule has 0 aromatic carbocycles. The predicted molar refractivity (Wildman–Crippen MR) is 96.9 cm³/mol. The maximum atomic E-state index is 4.83. The van der Waals surface area contributed by atoms with Crippen LogP contribution in [0.2, 0.25) is 0 Å². The van der Waals surface area contributed by atoms with Crippen molar-refractivity contribution in [2.24, 2.45) is 0 Å². The van der Waals surface area contributed by atoms with Crippen LogP contribution in [0.5, 0.6) is 0 Å². The van der Waals surface area contributed by atoms with Crippen LogP contribution in [0.15, 0.2) is 12.4 Å². The monoisotopic (exact) mass is 313 g/mol. The summed E-state index contributed by atoms with van der Waals surface area (Å²) in [5, 5.41) is 1.30. The molecular weight excluding hydrogens is 282 g/mol. The van der Waals surface area contributed by atoms with Gasteiger partial charge in [-0.05, 0) is 44.1 Å². The van der Waals surface area contributed by atoms with E-state index in [9.17, 15) is 0 Å². The van der Waals surface area contributed by atoms with Gasteiger partial charge in [-0.1, -0.05) is 46.0 Å². The number of aryl methyl sites for hydroxylation is 1. The third-order valence-electron chi connectivity index (χ3n) is 5.41. The number of rotatable bonds is 6. The first kappa shape index (κ1) is 16.5. The molecule has 1 aliphatic rings. The second-order valence-electron chi connectivity index (χ2n) is 7.21. The zero-order valence-corrected chi connectivity index (χ0v) is 15.0. The smallest absolute Gasteiger partial charge is 0.144 e. The van der Waals surface area contributed by atoms with E-state index in [0.717, 1.165) is 5.82 Å². The fraction of sp³-hybridized carbons (Fsp3) is 0.700. The lowest BCUT2D eigenvalue weighted by atomic mass is 9.91. The van der Waals surface area contributed by atoms with Crippen LogP contribution < -0.4 is 0 Å². The molecule has 0 aliphatic heterocycles. The summed E-state index contributed by atoms with van der Waals surface area (Å²) < 4.78 is 2.50. The molecule has 0 spiro atoms. The summed E-state index contributed by atoms with van der Waals surface area (Å²) in [6.07, 6.45) is 16.3. The van der Waals surface area contributed by atoms with Crippen molar-refractivity contribution in [3.8, 4) is 0 Å². The van der Waals surface area contributed by atoms with Crippen LogP contribution in [-0.2, 0) is 0 Å². The van der Waals surface area contributed by atoms with Gasteiger partial charge in [-0.25, -0.2) is 9.97 Å².